The summed E-state index contributed by atoms with van der Waals surface area (Å²) >= 11 is 0. The largest absolute Gasteiger partial charge is 0.480 e. The molecule has 0 aromatic carbocycles. The van der Waals surface area contributed by atoms with E-state index in [0.717, 1.165) is 0 Å². The van der Waals surface area contributed by atoms with Crippen molar-refractivity contribution < 1.29 is 19.8 Å². The number of aliphatic hydroxyl groups is 1. The van der Waals surface area contributed by atoms with Gasteiger partial charge < -0.3 is 15.5 Å². The number of aromatic nitrogens is 2. The molecule has 1 aromatic heterocycles. The molecule has 2 unspecified atom stereocenters. The number of carbonyl (C=O) groups excluding carboxylic acids is 1. The van der Waals surface area contributed by atoms with E-state index >= 15 is 0 Å². The number of aliphatic hydroxyl groups excluding tert-OH is 1. The number of nitrogens with zero attached hydrogens (tertiary/aromatic N) is 2. The van der Waals surface area contributed by atoms with Gasteiger partial charge in [0, 0.05) is 25.4 Å². The number of nitrogens with one attached hydrogen (secondary N) is 1. The molecule has 0 saturated carbocycles. The highest BCUT2D eigenvalue weighted by Gasteiger charge is 2.24. The van der Waals surface area contributed by atoms with E-state index in [1.165, 1.54) is 6.92 Å². The molecule has 3 N–H and O–H groups in total. The zero-order valence-corrected chi connectivity index (χ0v) is 9.41. The lowest BCUT2D eigenvalue weighted by atomic mass is 10.2. The van der Waals surface area contributed by atoms with Crippen molar-refractivity contribution in [1.82, 2.24) is 15.1 Å². The van der Waals surface area contributed by atoms with Gasteiger partial charge in [0.25, 0.3) is 0 Å². The predicted molar refractivity (Wildman–Crippen MR) is 58.1 cm³/mol. The lowest BCUT2D eigenvalue weighted by Crippen LogP contribution is -2.47. The smallest absolute Gasteiger partial charge is 0.328 e. The molecule has 0 fully saturated rings. The normalized spacial score (nSPS) is 14.0. The zero-order chi connectivity index (χ0) is 12.8. The summed E-state index contributed by atoms with van der Waals surface area (Å²) < 4.78 is 1.57. The van der Waals surface area contributed by atoms with Crippen molar-refractivity contribution in [3.63, 3.8) is 0 Å². The summed E-state index contributed by atoms with van der Waals surface area (Å²) in [6.07, 6.45) is 2.27. The van der Waals surface area contributed by atoms with Crippen LogP contribution in [0.4, 0.5) is 0 Å². The van der Waals surface area contributed by atoms with Gasteiger partial charge in [-0.25, -0.2) is 4.79 Å². The third kappa shape index (κ3) is 4.23. The van der Waals surface area contributed by atoms with E-state index in [4.69, 9.17) is 5.11 Å². The summed E-state index contributed by atoms with van der Waals surface area (Å²) in [4.78, 5) is 22.1. The molecule has 0 aliphatic carbocycles. The van der Waals surface area contributed by atoms with Gasteiger partial charge in [-0.2, -0.15) is 5.10 Å². The number of carboxylic acid groups (broad SMARTS) is 1. The maximum atomic E-state index is 11.4. The second-order valence-corrected chi connectivity index (χ2v) is 3.64. The molecule has 7 nitrogen and oxygen atoms in total. The highest BCUT2D eigenvalue weighted by atomic mass is 16.4. The Morgan fingerprint density at radius 1 is 1.53 bits per heavy atom. The van der Waals surface area contributed by atoms with Gasteiger partial charge in [-0.05, 0) is 13.0 Å². The van der Waals surface area contributed by atoms with Crippen LogP contribution in [0.1, 0.15) is 13.3 Å². The maximum Gasteiger partial charge on any atom is 0.328 e. The number of amides is 1. The molecule has 0 spiro atoms. The molecule has 17 heavy (non-hydrogen) atoms. The van der Waals surface area contributed by atoms with Gasteiger partial charge in [0.15, 0.2) is 6.04 Å². The van der Waals surface area contributed by atoms with Crippen LogP contribution in [0.5, 0.6) is 0 Å². The minimum atomic E-state index is -1.28. The summed E-state index contributed by atoms with van der Waals surface area (Å²) in [5.41, 5.74) is 0. The maximum absolute atomic E-state index is 11.4. The topological polar surface area (TPSA) is 104 Å². The molecule has 7 heteroatoms. The Labute approximate surface area is 98.1 Å². The van der Waals surface area contributed by atoms with Crippen LogP contribution >= 0.6 is 0 Å². The quantitative estimate of drug-likeness (QED) is 0.606. The number of hydrogen-bond donors (Lipinski definition) is 3. The lowest BCUT2D eigenvalue weighted by molar-refractivity contribution is -0.144. The first-order valence-corrected chi connectivity index (χ1v) is 5.18. The first kappa shape index (κ1) is 13.2. The number of carbonyl (C=O) groups is 2. The molecule has 1 heterocycles. The minimum Gasteiger partial charge on any atom is -0.480 e. The minimum absolute atomic E-state index is 0.109. The summed E-state index contributed by atoms with van der Waals surface area (Å²) in [7, 11) is 0. The molecule has 1 amide bonds. The molecule has 0 bridgehead atoms. The van der Waals surface area contributed by atoms with Gasteiger partial charge in [-0.15, -0.1) is 0 Å². The fourth-order valence-corrected chi connectivity index (χ4v) is 1.28. The van der Waals surface area contributed by atoms with Gasteiger partial charge in [-0.3, -0.25) is 9.48 Å². The predicted octanol–water partition coefficient (Wildman–Crippen LogP) is -0.777. The van der Waals surface area contributed by atoms with Crippen molar-refractivity contribution in [2.24, 2.45) is 0 Å². The summed E-state index contributed by atoms with van der Waals surface area (Å²) in [6.45, 7) is 1.68. The molecule has 1 aromatic rings. The van der Waals surface area contributed by atoms with Gasteiger partial charge in [0.05, 0.1) is 6.10 Å². The molecular formula is C10H15N3O4. The van der Waals surface area contributed by atoms with Crippen LogP contribution in [0.2, 0.25) is 0 Å². The van der Waals surface area contributed by atoms with Gasteiger partial charge >= 0.3 is 5.97 Å². The molecule has 0 radical (unpaired) electrons. The van der Waals surface area contributed by atoms with Crippen LogP contribution in [0, 0.1) is 0 Å². The molecule has 1 rings (SSSR count). The molecule has 94 valence electrons. The average Bonchev–Trinajstić information content (AvgIpc) is 2.74. The van der Waals surface area contributed by atoms with E-state index in [0.29, 0.717) is 6.54 Å². The lowest BCUT2D eigenvalue weighted by Gasteiger charge is -2.16. The van der Waals surface area contributed by atoms with E-state index < -0.39 is 24.0 Å². The Morgan fingerprint density at radius 3 is 2.71 bits per heavy atom. The third-order valence-corrected chi connectivity index (χ3v) is 2.19. The van der Waals surface area contributed by atoms with Crippen molar-refractivity contribution in [1.29, 1.82) is 0 Å². The van der Waals surface area contributed by atoms with Crippen molar-refractivity contribution in [3.8, 4) is 0 Å². The Bertz CT molecular complexity index is 375. The standard InChI is InChI=1S/C10H15N3O4/c1-7(14)9(10(16)17)12-8(15)3-6-13-5-2-4-11-13/h2,4-5,7,9,14H,3,6H2,1H3,(H,12,15)(H,16,17). The number of aliphatic carboxylic acids is 1. The first-order valence-electron chi connectivity index (χ1n) is 5.18. The van der Waals surface area contributed by atoms with Gasteiger partial charge in [-0.1, -0.05) is 0 Å². The number of rotatable bonds is 6. The van der Waals surface area contributed by atoms with E-state index in [9.17, 15) is 14.7 Å². The van der Waals surface area contributed by atoms with Gasteiger partial charge in [0.1, 0.15) is 0 Å². The van der Waals surface area contributed by atoms with E-state index in [1.807, 2.05) is 0 Å². The summed E-state index contributed by atoms with van der Waals surface area (Å²) in [5, 5.41) is 24.1. The second kappa shape index (κ2) is 6.00. The van der Waals surface area contributed by atoms with Crippen LogP contribution in [-0.4, -0.2) is 44.0 Å². The van der Waals surface area contributed by atoms with Crippen LogP contribution < -0.4 is 5.32 Å². The third-order valence-electron chi connectivity index (χ3n) is 2.19. The number of carboxylic acids is 1. The monoisotopic (exact) mass is 241 g/mol. The van der Waals surface area contributed by atoms with Crippen LogP contribution in [0.3, 0.4) is 0 Å². The molecule has 2 atom stereocenters. The SMILES string of the molecule is CC(O)C(NC(=O)CCn1cccn1)C(=O)O. The van der Waals surface area contributed by atoms with Crippen molar-refractivity contribution >= 4 is 11.9 Å². The Morgan fingerprint density at radius 2 is 2.24 bits per heavy atom. The van der Waals surface area contributed by atoms with E-state index in [2.05, 4.69) is 10.4 Å². The van der Waals surface area contributed by atoms with Crippen LogP contribution in [-0.2, 0) is 16.1 Å². The van der Waals surface area contributed by atoms with E-state index in [1.54, 1.807) is 23.1 Å². The Balaban J connectivity index is 2.40. The molecule has 0 aliphatic heterocycles. The van der Waals surface area contributed by atoms with Crippen molar-refractivity contribution in [2.45, 2.75) is 32.0 Å². The zero-order valence-electron chi connectivity index (χ0n) is 9.41. The molecular weight excluding hydrogens is 226 g/mol. The van der Waals surface area contributed by atoms with Crippen molar-refractivity contribution in [2.75, 3.05) is 0 Å². The summed E-state index contributed by atoms with van der Waals surface area (Å²) in [6, 6.07) is 0.452. The Kier molecular flexibility index (Phi) is 4.65. The number of hydrogen-bond acceptors (Lipinski definition) is 4. The highest BCUT2D eigenvalue weighted by molar-refractivity contribution is 5.83. The van der Waals surface area contributed by atoms with Crippen LogP contribution in [0.25, 0.3) is 0 Å². The van der Waals surface area contributed by atoms with E-state index in [-0.39, 0.29) is 6.42 Å². The van der Waals surface area contributed by atoms with Crippen molar-refractivity contribution in [3.05, 3.63) is 18.5 Å². The molecule has 0 aliphatic rings. The Hall–Kier alpha value is -1.89. The average molecular weight is 241 g/mol. The molecule has 0 saturated heterocycles. The fourth-order valence-electron chi connectivity index (χ4n) is 1.28. The van der Waals surface area contributed by atoms with Gasteiger partial charge in [0.2, 0.25) is 5.91 Å². The van der Waals surface area contributed by atoms with Crippen LogP contribution in [0.15, 0.2) is 18.5 Å². The highest BCUT2D eigenvalue weighted by Crippen LogP contribution is 1.96. The number of aryl methyl sites for hydroxylation is 1. The second-order valence-electron chi connectivity index (χ2n) is 3.64. The first-order chi connectivity index (χ1) is 8.00. The fraction of sp³-hybridized carbons (Fsp3) is 0.500. The summed E-state index contributed by atoms with van der Waals surface area (Å²) in [5.74, 6) is -1.69.